The van der Waals surface area contributed by atoms with Crippen LogP contribution in [-0.4, -0.2) is 23.9 Å². The van der Waals surface area contributed by atoms with Gasteiger partial charge in [-0.1, -0.05) is 53.7 Å². The maximum absolute atomic E-state index is 10.4. The molecule has 4 heteroatoms. The molecule has 0 unspecified atom stereocenters. The highest BCUT2D eigenvalue weighted by Gasteiger charge is 2.05. The lowest BCUT2D eigenvalue weighted by molar-refractivity contribution is -0.142. The predicted octanol–water partition coefficient (Wildman–Crippen LogP) is 3.43. The smallest absolute Gasteiger partial charge is 0.344 e. The van der Waals surface area contributed by atoms with Gasteiger partial charge < -0.3 is 9.94 Å². The number of carboxylic acid groups (broad SMARTS) is 1. The molecule has 1 N–H and O–H groups in total. The SMILES string of the molecule is O=C(O)CO/N=C\c1c2ccccc2cc2ccccc12. The summed E-state index contributed by atoms with van der Waals surface area (Å²) in [7, 11) is 0. The van der Waals surface area contributed by atoms with Crippen molar-refractivity contribution in [2.24, 2.45) is 5.16 Å². The molecule has 0 spiro atoms. The Morgan fingerprint density at radius 2 is 1.62 bits per heavy atom. The molecule has 4 nitrogen and oxygen atoms in total. The lowest BCUT2D eigenvalue weighted by Crippen LogP contribution is -2.03. The molecule has 0 aromatic heterocycles. The van der Waals surface area contributed by atoms with Crippen molar-refractivity contribution in [2.45, 2.75) is 0 Å². The first kappa shape index (κ1) is 13.1. The van der Waals surface area contributed by atoms with Gasteiger partial charge in [0.15, 0.2) is 0 Å². The zero-order valence-electron chi connectivity index (χ0n) is 11.2. The van der Waals surface area contributed by atoms with E-state index in [2.05, 4.69) is 11.2 Å². The Morgan fingerprint density at radius 1 is 1.05 bits per heavy atom. The molecule has 3 aromatic carbocycles. The van der Waals surface area contributed by atoms with Crippen LogP contribution in [0.15, 0.2) is 59.8 Å². The van der Waals surface area contributed by atoms with Gasteiger partial charge >= 0.3 is 5.97 Å². The number of carbonyl (C=O) groups is 1. The van der Waals surface area contributed by atoms with Crippen molar-refractivity contribution in [3.63, 3.8) is 0 Å². The number of oxime groups is 1. The Hall–Kier alpha value is -2.88. The van der Waals surface area contributed by atoms with Crippen LogP contribution in [0.4, 0.5) is 0 Å². The first-order chi connectivity index (χ1) is 10.3. The van der Waals surface area contributed by atoms with Crippen LogP contribution in [0.1, 0.15) is 5.56 Å². The Morgan fingerprint density at radius 3 is 2.19 bits per heavy atom. The number of fused-ring (bicyclic) bond motifs is 2. The highest BCUT2D eigenvalue weighted by atomic mass is 16.6. The first-order valence-electron chi connectivity index (χ1n) is 6.53. The number of nitrogens with zero attached hydrogens (tertiary/aromatic N) is 1. The van der Waals surface area contributed by atoms with E-state index < -0.39 is 12.6 Å². The molecule has 0 heterocycles. The van der Waals surface area contributed by atoms with E-state index in [1.54, 1.807) is 6.21 Å². The van der Waals surface area contributed by atoms with Crippen LogP contribution in [0.5, 0.6) is 0 Å². The monoisotopic (exact) mass is 279 g/mol. The minimum atomic E-state index is -1.05. The molecule has 0 aliphatic rings. The molecule has 3 rings (SSSR count). The van der Waals surface area contributed by atoms with Gasteiger partial charge in [0.05, 0.1) is 6.21 Å². The molecule has 21 heavy (non-hydrogen) atoms. The summed E-state index contributed by atoms with van der Waals surface area (Å²) >= 11 is 0. The Kier molecular flexibility index (Phi) is 3.51. The molecule has 0 radical (unpaired) electrons. The maximum atomic E-state index is 10.4. The first-order valence-corrected chi connectivity index (χ1v) is 6.53. The van der Waals surface area contributed by atoms with Crippen molar-refractivity contribution in [1.29, 1.82) is 0 Å². The van der Waals surface area contributed by atoms with Gasteiger partial charge in [-0.2, -0.15) is 0 Å². The molecule has 0 atom stereocenters. The summed E-state index contributed by atoms with van der Waals surface area (Å²) in [5.74, 6) is -1.05. The highest BCUT2D eigenvalue weighted by molar-refractivity contribution is 6.13. The van der Waals surface area contributed by atoms with E-state index in [1.165, 1.54) is 0 Å². The number of carboxylic acids is 1. The fraction of sp³-hybridized carbons (Fsp3) is 0.0588. The molecule has 0 bridgehead atoms. The zero-order chi connectivity index (χ0) is 14.7. The quantitative estimate of drug-likeness (QED) is 0.452. The molecule has 0 aliphatic carbocycles. The van der Waals surface area contributed by atoms with Crippen LogP contribution in [0.3, 0.4) is 0 Å². The maximum Gasteiger partial charge on any atom is 0.344 e. The van der Waals surface area contributed by atoms with Crippen molar-refractivity contribution >= 4 is 33.7 Å². The second-order valence-corrected chi connectivity index (χ2v) is 4.63. The third-order valence-corrected chi connectivity index (χ3v) is 3.26. The van der Waals surface area contributed by atoms with Crippen LogP contribution in [0.25, 0.3) is 21.5 Å². The summed E-state index contributed by atoms with van der Waals surface area (Å²) in [6.07, 6.45) is 1.58. The summed E-state index contributed by atoms with van der Waals surface area (Å²) in [5.41, 5.74) is 0.925. The van der Waals surface area contributed by atoms with E-state index in [9.17, 15) is 4.79 Å². The number of hydrogen-bond acceptors (Lipinski definition) is 3. The molecular formula is C17H13NO3. The van der Waals surface area contributed by atoms with Gasteiger partial charge in [-0.25, -0.2) is 4.79 Å². The Balaban J connectivity index is 2.13. The summed E-state index contributed by atoms with van der Waals surface area (Å²) in [5, 5.41) is 16.7. The molecule has 0 fully saturated rings. The van der Waals surface area contributed by atoms with Gasteiger partial charge in [-0.15, -0.1) is 0 Å². The molecule has 104 valence electrons. The summed E-state index contributed by atoms with van der Waals surface area (Å²) in [4.78, 5) is 15.2. The summed E-state index contributed by atoms with van der Waals surface area (Å²) < 4.78 is 0. The van der Waals surface area contributed by atoms with Crippen molar-refractivity contribution < 1.29 is 14.7 Å². The van der Waals surface area contributed by atoms with Crippen LogP contribution in [-0.2, 0) is 9.63 Å². The van der Waals surface area contributed by atoms with Crippen LogP contribution in [0, 0.1) is 0 Å². The highest BCUT2D eigenvalue weighted by Crippen LogP contribution is 2.27. The largest absolute Gasteiger partial charge is 0.479 e. The molecule has 0 saturated heterocycles. The fourth-order valence-electron chi connectivity index (χ4n) is 2.37. The van der Waals surface area contributed by atoms with Gasteiger partial charge in [0.2, 0.25) is 6.61 Å². The van der Waals surface area contributed by atoms with E-state index in [1.807, 2.05) is 48.5 Å². The van der Waals surface area contributed by atoms with E-state index in [0.29, 0.717) is 0 Å². The number of benzene rings is 3. The van der Waals surface area contributed by atoms with Gasteiger partial charge in [0.25, 0.3) is 0 Å². The van der Waals surface area contributed by atoms with Gasteiger partial charge in [-0.05, 0) is 27.6 Å². The third-order valence-electron chi connectivity index (χ3n) is 3.26. The summed E-state index contributed by atoms with van der Waals surface area (Å²) in [6.45, 7) is -0.445. The molecular weight excluding hydrogens is 266 g/mol. The average Bonchev–Trinajstić information content (AvgIpc) is 2.50. The van der Waals surface area contributed by atoms with Crippen LogP contribution >= 0.6 is 0 Å². The van der Waals surface area contributed by atoms with E-state index in [0.717, 1.165) is 27.1 Å². The number of rotatable bonds is 4. The minimum Gasteiger partial charge on any atom is -0.479 e. The van der Waals surface area contributed by atoms with E-state index in [-0.39, 0.29) is 0 Å². The molecule has 0 aliphatic heterocycles. The molecule has 0 amide bonds. The second-order valence-electron chi connectivity index (χ2n) is 4.63. The Labute approximate surface area is 121 Å². The van der Waals surface area contributed by atoms with E-state index in [4.69, 9.17) is 9.94 Å². The van der Waals surface area contributed by atoms with Gasteiger partial charge in [-0.3, -0.25) is 0 Å². The second kappa shape index (κ2) is 5.63. The zero-order valence-corrected chi connectivity index (χ0v) is 11.2. The lowest BCUT2D eigenvalue weighted by atomic mass is 9.97. The van der Waals surface area contributed by atoms with Crippen molar-refractivity contribution in [1.82, 2.24) is 0 Å². The van der Waals surface area contributed by atoms with E-state index >= 15 is 0 Å². The fourth-order valence-corrected chi connectivity index (χ4v) is 2.37. The third kappa shape index (κ3) is 2.69. The average molecular weight is 279 g/mol. The number of aliphatic carboxylic acids is 1. The normalized spacial score (nSPS) is 11.2. The standard InChI is InChI=1S/C17H13NO3/c19-17(20)11-21-18-10-16-14-7-3-1-5-12(14)9-13-6-2-4-8-15(13)16/h1-10H,11H2,(H,19,20)/b18-10-. The Bertz CT molecular complexity index is 786. The van der Waals surface area contributed by atoms with Crippen LogP contribution < -0.4 is 0 Å². The van der Waals surface area contributed by atoms with Crippen molar-refractivity contribution in [2.75, 3.05) is 6.61 Å². The lowest BCUT2D eigenvalue weighted by Gasteiger charge is -2.07. The van der Waals surface area contributed by atoms with Crippen molar-refractivity contribution in [3.05, 3.63) is 60.2 Å². The molecule has 3 aromatic rings. The topological polar surface area (TPSA) is 58.9 Å². The summed E-state index contributed by atoms with van der Waals surface area (Å²) in [6, 6.07) is 18.1. The van der Waals surface area contributed by atoms with Crippen LogP contribution in [0.2, 0.25) is 0 Å². The van der Waals surface area contributed by atoms with Gasteiger partial charge in [0, 0.05) is 5.56 Å². The van der Waals surface area contributed by atoms with Crippen molar-refractivity contribution in [3.8, 4) is 0 Å². The predicted molar refractivity (Wildman–Crippen MR) is 82.6 cm³/mol. The minimum absolute atomic E-state index is 0.445. The number of hydrogen-bond donors (Lipinski definition) is 1. The molecule has 0 saturated carbocycles. The van der Waals surface area contributed by atoms with Gasteiger partial charge in [0.1, 0.15) is 0 Å².